The maximum Gasteiger partial charge on any atom is 0.349 e. The number of aliphatic hydroxyl groups excluding tert-OH is 1. The van der Waals surface area contributed by atoms with Crippen LogP contribution in [0.2, 0.25) is 10.0 Å². The van der Waals surface area contributed by atoms with Gasteiger partial charge in [-0.2, -0.15) is 9.94 Å². The number of nitrogens with zero attached hydrogens (tertiary/aromatic N) is 3. The van der Waals surface area contributed by atoms with Crippen molar-refractivity contribution in [1.29, 1.82) is 5.26 Å². The molecule has 0 aliphatic rings. The molecule has 0 saturated heterocycles. The third-order valence-electron chi connectivity index (χ3n) is 4.85. The molecule has 0 aliphatic heterocycles. The third-order valence-corrected chi connectivity index (χ3v) is 5.41. The molecule has 0 amide bonds. The Morgan fingerprint density at radius 1 is 1.21 bits per heavy atom. The molecule has 2 aromatic heterocycles. The lowest BCUT2D eigenvalue weighted by atomic mass is 10.1. The predicted molar refractivity (Wildman–Crippen MR) is 127 cm³/mol. The molecule has 2 heterocycles. The fourth-order valence-corrected chi connectivity index (χ4v) is 3.90. The largest absolute Gasteiger partial charge is 0.454 e. The molecule has 2 aromatic carbocycles. The first-order valence-corrected chi connectivity index (χ1v) is 10.8. The molecule has 4 N–H and O–H groups in total. The molecule has 4 aromatic rings. The number of ether oxygens (including phenoxy) is 1. The van der Waals surface area contributed by atoms with Gasteiger partial charge in [0.1, 0.15) is 18.0 Å². The lowest BCUT2D eigenvalue weighted by Crippen LogP contribution is -2.33. The van der Waals surface area contributed by atoms with Crippen molar-refractivity contribution in [1.82, 2.24) is 25.1 Å². The maximum absolute atomic E-state index is 12.1. The summed E-state index contributed by atoms with van der Waals surface area (Å²) in [6, 6.07) is 9.66. The van der Waals surface area contributed by atoms with Crippen molar-refractivity contribution in [3.63, 3.8) is 0 Å². The Labute approximate surface area is 202 Å². The highest BCUT2D eigenvalue weighted by atomic mass is 35.5. The second-order valence-electron chi connectivity index (χ2n) is 7.65. The lowest BCUT2D eigenvalue weighted by molar-refractivity contribution is 0.130. The molecular formula is C22H18Cl2N6O4. The minimum absolute atomic E-state index is 0.0665. The van der Waals surface area contributed by atoms with Crippen LogP contribution >= 0.6 is 23.2 Å². The number of rotatable bonds is 6. The summed E-state index contributed by atoms with van der Waals surface area (Å²) >= 11 is 12.8. The van der Waals surface area contributed by atoms with Crippen molar-refractivity contribution in [3.8, 4) is 23.3 Å². The monoisotopic (exact) mass is 500 g/mol. The van der Waals surface area contributed by atoms with Crippen LogP contribution in [0.25, 0.3) is 16.6 Å². The number of aliphatic hydroxyl groups is 1. The van der Waals surface area contributed by atoms with E-state index in [9.17, 15) is 14.7 Å². The van der Waals surface area contributed by atoms with Gasteiger partial charge in [0.25, 0.3) is 5.56 Å². The van der Waals surface area contributed by atoms with Crippen LogP contribution in [0, 0.1) is 11.3 Å². The summed E-state index contributed by atoms with van der Waals surface area (Å²) in [5.74, 6) is 0.537. The maximum atomic E-state index is 12.1. The van der Waals surface area contributed by atoms with E-state index in [0.717, 1.165) is 15.6 Å². The van der Waals surface area contributed by atoms with Gasteiger partial charge in [0.05, 0.1) is 15.7 Å². The van der Waals surface area contributed by atoms with E-state index in [4.69, 9.17) is 33.2 Å². The van der Waals surface area contributed by atoms with Gasteiger partial charge in [-0.1, -0.05) is 23.2 Å². The van der Waals surface area contributed by atoms with E-state index in [1.54, 1.807) is 30.5 Å². The molecule has 1 atom stereocenters. The van der Waals surface area contributed by atoms with Gasteiger partial charge in [-0.25, -0.2) is 4.79 Å². The van der Waals surface area contributed by atoms with Crippen LogP contribution in [-0.4, -0.2) is 30.9 Å². The smallest absolute Gasteiger partial charge is 0.349 e. The summed E-state index contributed by atoms with van der Waals surface area (Å²) in [6.07, 6.45) is 0.838. The molecule has 0 bridgehead atoms. The summed E-state index contributed by atoms with van der Waals surface area (Å²) in [5, 5.41) is 27.1. The average Bonchev–Trinajstić information content (AvgIpc) is 3.19. The first kappa shape index (κ1) is 23.5. The number of fused-ring (bicyclic) bond motifs is 1. The SMILES string of the molecule is CC(C)NC(O)c1c[nH]c2ccc(Oc3c(Cl)cc(-n4nc(C#N)c(=O)[nH]c4=O)cc3Cl)cc12. The Morgan fingerprint density at radius 3 is 2.56 bits per heavy atom. The fourth-order valence-electron chi connectivity index (χ4n) is 3.35. The molecule has 10 nitrogen and oxygen atoms in total. The third kappa shape index (κ3) is 4.55. The van der Waals surface area contributed by atoms with Crippen LogP contribution in [0.4, 0.5) is 0 Å². The highest BCUT2D eigenvalue weighted by Crippen LogP contribution is 2.39. The van der Waals surface area contributed by atoms with Crippen molar-refractivity contribution >= 4 is 34.1 Å². The van der Waals surface area contributed by atoms with E-state index in [1.807, 2.05) is 18.8 Å². The number of aromatic nitrogens is 4. The molecule has 174 valence electrons. The Balaban J connectivity index is 1.70. The quantitative estimate of drug-likeness (QED) is 0.296. The number of H-pyrrole nitrogens is 2. The number of halogens is 2. The topological polar surface area (TPSA) is 149 Å². The van der Waals surface area contributed by atoms with Gasteiger partial charge in [0, 0.05) is 28.7 Å². The van der Waals surface area contributed by atoms with Crippen molar-refractivity contribution in [2.45, 2.75) is 26.1 Å². The number of benzene rings is 2. The molecule has 0 radical (unpaired) electrons. The van der Waals surface area contributed by atoms with Crippen LogP contribution in [0.1, 0.15) is 31.3 Å². The number of hydrogen-bond donors (Lipinski definition) is 4. The number of nitrogens with one attached hydrogen (secondary N) is 3. The van der Waals surface area contributed by atoms with Gasteiger partial charge >= 0.3 is 5.69 Å². The highest BCUT2D eigenvalue weighted by Gasteiger charge is 2.17. The summed E-state index contributed by atoms with van der Waals surface area (Å²) in [6.45, 7) is 3.86. The van der Waals surface area contributed by atoms with E-state index >= 15 is 0 Å². The Kier molecular flexibility index (Phi) is 6.45. The molecule has 0 spiro atoms. The van der Waals surface area contributed by atoms with E-state index in [0.29, 0.717) is 11.3 Å². The minimum Gasteiger partial charge on any atom is -0.454 e. The zero-order valence-electron chi connectivity index (χ0n) is 17.9. The molecule has 12 heteroatoms. The van der Waals surface area contributed by atoms with Crippen molar-refractivity contribution in [2.24, 2.45) is 0 Å². The predicted octanol–water partition coefficient (Wildman–Crippen LogP) is 3.36. The highest BCUT2D eigenvalue weighted by molar-refractivity contribution is 6.37. The van der Waals surface area contributed by atoms with Crippen molar-refractivity contribution in [3.05, 3.63) is 78.7 Å². The molecule has 1 unspecified atom stereocenters. The summed E-state index contributed by atoms with van der Waals surface area (Å²) in [7, 11) is 0. The van der Waals surface area contributed by atoms with Crippen LogP contribution in [-0.2, 0) is 0 Å². The van der Waals surface area contributed by atoms with E-state index in [1.165, 1.54) is 12.1 Å². The Bertz CT molecular complexity index is 1530. The number of hydrogen-bond acceptors (Lipinski definition) is 7. The fraction of sp³-hybridized carbons (Fsp3) is 0.182. The standard InChI is InChI=1S/C22H18Cl2N6O4/c1-10(2)27-20(31)14-9-26-17-4-3-12(7-13(14)17)34-19-15(23)5-11(6-16(19)24)30-22(33)28-21(32)18(8-25)29-30/h3-7,9-10,20,26-27,31H,1-2H3,(H,28,32,33). The van der Waals surface area contributed by atoms with Gasteiger partial charge in [0.15, 0.2) is 5.75 Å². The second-order valence-corrected chi connectivity index (χ2v) is 8.46. The molecule has 0 saturated carbocycles. The summed E-state index contributed by atoms with van der Waals surface area (Å²) in [5.41, 5.74) is -0.656. The summed E-state index contributed by atoms with van der Waals surface area (Å²) in [4.78, 5) is 28.9. The minimum atomic E-state index is -0.894. The first-order chi connectivity index (χ1) is 16.2. The van der Waals surface area contributed by atoms with Crippen LogP contribution in [0.15, 0.2) is 46.1 Å². The molecule has 0 aliphatic carbocycles. The second kappa shape index (κ2) is 9.32. The van der Waals surface area contributed by atoms with Crippen LogP contribution in [0.5, 0.6) is 11.5 Å². The van der Waals surface area contributed by atoms with Gasteiger partial charge in [0.2, 0.25) is 5.69 Å². The molecule has 4 rings (SSSR count). The van der Waals surface area contributed by atoms with Gasteiger partial charge in [-0.15, -0.1) is 5.10 Å². The molecular weight excluding hydrogens is 483 g/mol. The van der Waals surface area contributed by atoms with Gasteiger partial charge in [-0.05, 0) is 44.2 Å². The van der Waals surface area contributed by atoms with Gasteiger partial charge in [-0.3, -0.25) is 15.1 Å². The zero-order valence-corrected chi connectivity index (χ0v) is 19.4. The normalized spacial score (nSPS) is 12.1. The summed E-state index contributed by atoms with van der Waals surface area (Å²) < 4.78 is 6.73. The molecule has 34 heavy (non-hydrogen) atoms. The molecule has 0 fully saturated rings. The van der Waals surface area contributed by atoms with Crippen molar-refractivity contribution < 1.29 is 9.84 Å². The van der Waals surface area contributed by atoms with E-state index in [-0.39, 0.29) is 27.5 Å². The Morgan fingerprint density at radius 2 is 1.91 bits per heavy atom. The number of nitriles is 1. The van der Waals surface area contributed by atoms with Crippen LogP contribution < -0.4 is 21.3 Å². The van der Waals surface area contributed by atoms with Crippen LogP contribution in [0.3, 0.4) is 0 Å². The van der Waals surface area contributed by atoms with E-state index < -0.39 is 23.2 Å². The van der Waals surface area contributed by atoms with E-state index in [2.05, 4.69) is 15.4 Å². The Hall–Kier alpha value is -3.62. The van der Waals surface area contributed by atoms with Crippen molar-refractivity contribution in [2.75, 3.05) is 0 Å². The zero-order chi connectivity index (χ0) is 24.6. The lowest BCUT2D eigenvalue weighted by Gasteiger charge is -2.15. The number of aromatic amines is 2. The first-order valence-electron chi connectivity index (χ1n) is 10.0. The average molecular weight is 501 g/mol. The van der Waals surface area contributed by atoms with Gasteiger partial charge < -0.3 is 14.8 Å².